The van der Waals surface area contributed by atoms with Crippen LogP contribution in [0.1, 0.15) is 16.8 Å². The molecule has 3 nitrogen and oxygen atoms in total. The van der Waals surface area contributed by atoms with Crippen molar-refractivity contribution in [2.24, 2.45) is 5.73 Å². The van der Waals surface area contributed by atoms with Crippen molar-refractivity contribution in [3.63, 3.8) is 0 Å². The van der Waals surface area contributed by atoms with E-state index in [0.717, 1.165) is 11.3 Å². The molecule has 0 saturated carbocycles. The number of nitrogens with one attached hydrogen (secondary N) is 2. The van der Waals surface area contributed by atoms with Crippen molar-refractivity contribution in [1.29, 1.82) is 5.41 Å². The molecule has 0 spiro atoms. The SMILES string of the molecule is Cc1cc(C)c(C(=N)N)c(=S)[nH]1. The fourth-order valence-electron chi connectivity index (χ4n) is 1.19. The Labute approximate surface area is 76.1 Å². The third kappa shape index (κ3) is 1.53. The van der Waals surface area contributed by atoms with E-state index in [9.17, 15) is 0 Å². The first-order valence-corrected chi connectivity index (χ1v) is 3.98. The van der Waals surface area contributed by atoms with E-state index in [1.54, 1.807) is 0 Å². The fourth-order valence-corrected chi connectivity index (χ4v) is 1.62. The number of rotatable bonds is 1. The molecule has 0 atom stereocenters. The molecule has 0 radical (unpaired) electrons. The van der Waals surface area contributed by atoms with Crippen LogP contribution in [0.2, 0.25) is 0 Å². The van der Waals surface area contributed by atoms with E-state index in [1.165, 1.54) is 0 Å². The quantitative estimate of drug-likeness (QED) is 0.350. The van der Waals surface area contributed by atoms with E-state index in [0.29, 0.717) is 10.2 Å². The van der Waals surface area contributed by atoms with Crippen LogP contribution in [0.25, 0.3) is 0 Å². The molecule has 1 heterocycles. The van der Waals surface area contributed by atoms with Crippen molar-refractivity contribution in [2.45, 2.75) is 13.8 Å². The molecule has 64 valence electrons. The van der Waals surface area contributed by atoms with Gasteiger partial charge in [-0.05, 0) is 25.5 Å². The van der Waals surface area contributed by atoms with Gasteiger partial charge in [-0.25, -0.2) is 0 Å². The van der Waals surface area contributed by atoms with Gasteiger partial charge < -0.3 is 10.7 Å². The van der Waals surface area contributed by atoms with Crippen LogP contribution >= 0.6 is 12.2 Å². The summed E-state index contributed by atoms with van der Waals surface area (Å²) in [5, 5.41) is 7.28. The highest BCUT2D eigenvalue weighted by molar-refractivity contribution is 7.71. The van der Waals surface area contributed by atoms with Crippen LogP contribution in [0.3, 0.4) is 0 Å². The predicted octanol–water partition coefficient (Wildman–Crippen LogP) is 1.65. The van der Waals surface area contributed by atoms with Gasteiger partial charge in [-0.3, -0.25) is 5.41 Å². The number of hydrogen-bond donors (Lipinski definition) is 3. The molecule has 4 N–H and O–H groups in total. The zero-order valence-corrected chi connectivity index (χ0v) is 7.88. The van der Waals surface area contributed by atoms with Crippen LogP contribution in [0.5, 0.6) is 0 Å². The maximum atomic E-state index is 7.28. The van der Waals surface area contributed by atoms with E-state index in [-0.39, 0.29) is 5.84 Å². The number of aromatic amines is 1. The molecule has 0 bridgehead atoms. The van der Waals surface area contributed by atoms with Crippen molar-refractivity contribution in [3.8, 4) is 0 Å². The molecule has 4 heteroatoms. The Hall–Kier alpha value is -1.16. The molecule has 0 fully saturated rings. The number of amidine groups is 1. The van der Waals surface area contributed by atoms with Crippen LogP contribution in [0, 0.1) is 23.9 Å². The second-order valence-corrected chi connectivity index (χ2v) is 3.16. The summed E-state index contributed by atoms with van der Waals surface area (Å²) in [4.78, 5) is 2.95. The smallest absolute Gasteiger partial charge is 0.126 e. The normalized spacial score (nSPS) is 9.83. The Morgan fingerprint density at radius 3 is 2.58 bits per heavy atom. The lowest BCUT2D eigenvalue weighted by Gasteiger charge is -2.04. The summed E-state index contributed by atoms with van der Waals surface area (Å²) in [6, 6.07) is 1.92. The van der Waals surface area contributed by atoms with E-state index in [2.05, 4.69) is 4.98 Å². The van der Waals surface area contributed by atoms with Gasteiger partial charge in [0.25, 0.3) is 0 Å². The van der Waals surface area contributed by atoms with Crippen molar-refractivity contribution >= 4 is 18.1 Å². The Balaban J connectivity index is 3.49. The summed E-state index contributed by atoms with van der Waals surface area (Å²) < 4.78 is 0.542. The first-order chi connectivity index (χ1) is 5.52. The van der Waals surface area contributed by atoms with Crippen molar-refractivity contribution in [3.05, 3.63) is 27.5 Å². The van der Waals surface area contributed by atoms with Gasteiger partial charge in [-0.15, -0.1) is 0 Å². The fraction of sp³-hybridized carbons (Fsp3) is 0.250. The van der Waals surface area contributed by atoms with Gasteiger partial charge in [-0.2, -0.15) is 0 Å². The molecule has 0 amide bonds. The second kappa shape index (κ2) is 3.06. The highest BCUT2D eigenvalue weighted by Gasteiger charge is 2.03. The highest BCUT2D eigenvalue weighted by atomic mass is 32.1. The molecule has 0 saturated heterocycles. The number of H-pyrrole nitrogens is 1. The largest absolute Gasteiger partial charge is 0.384 e. The average molecular weight is 181 g/mol. The standard InChI is InChI=1S/C8H11N3S/c1-4-3-5(2)11-8(12)6(4)7(9)10/h3H,1-2H3,(H3,9,10)(H,11,12). The van der Waals surface area contributed by atoms with Crippen molar-refractivity contribution in [2.75, 3.05) is 0 Å². The lowest BCUT2D eigenvalue weighted by atomic mass is 10.1. The van der Waals surface area contributed by atoms with E-state index in [4.69, 9.17) is 23.4 Å². The first-order valence-electron chi connectivity index (χ1n) is 3.57. The van der Waals surface area contributed by atoms with Crippen LogP contribution in [-0.2, 0) is 0 Å². The Morgan fingerprint density at radius 2 is 2.17 bits per heavy atom. The molecule has 1 rings (SSSR count). The van der Waals surface area contributed by atoms with Crippen LogP contribution < -0.4 is 5.73 Å². The molecule has 0 aromatic carbocycles. The minimum absolute atomic E-state index is 0.0220. The van der Waals surface area contributed by atoms with Gasteiger partial charge in [0, 0.05) is 5.69 Å². The number of nitrogen functional groups attached to an aromatic ring is 1. The Bertz CT molecular complexity index is 378. The maximum Gasteiger partial charge on any atom is 0.126 e. The molecule has 12 heavy (non-hydrogen) atoms. The number of pyridine rings is 1. The zero-order valence-electron chi connectivity index (χ0n) is 7.06. The zero-order chi connectivity index (χ0) is 9.30. The number of hydrogen-bond acceptors (Lipinski definition) is 2. The summed E-state index contributed by atoms with van der Waals surface area (Å²) >= 11 is 5.03. The predicted molar refractivity (Wildman–Crippen MR) is 52.1 cm³/mol. The maximum absolute atomic E-state index is 7.28. The van der Waals surface area contributed by atoms with Gasteiger partial charge in [0.1, 0.15) is 10.5 Å². The first kappa shape index (κ1) is 8.93. The lowest BCUT2D eigenvalue weighted by Crippen LogP contribution is -2.14. The molecule has 0 unspecified atom stereocenters. The highest BCUT2D eigenvalue weighted by Crippen LogP contribution is 2.08. The summed E-state index contributed by atoms with van der Waals surface area (Å²) in [6.45, 7) is 3.82. The second-order valence-electron chi connectivity index (χ2n) is 2.75. The summed E-state index contributed by atoms with van der Waals surface area (Å²) in [5.74, 6) is 0.0220. The third-order valence-electron chi connectivity index (χ3n) is 1.63. The van der Waals surface area contributed by atoms with Gasteiger partial charge >= 0.3 is 0 Å². The van der Waals surface area contributed by atoms with Crippen LogP contribution in [-0.4, -0.2) is 10.8 Å². The van der Waals surface area contributed by atoms with Crippen molar-refractivity contribution in [1.82, 2.24) is 4.98 Å². The number of aromatic nitrogens is 1. The molecular formula is C8H11N3S. The topological polar surface area (TPSA) is 65.7 Å². The molecule has 0 aliphatic rings. The van der Waals surface area contributed by atoms with Gasteiger partial charge in [0.15, 0.2) is 0 Å². The van der Waals surface area contributed by atoms with E-state index < -0.39 is 0 Å². The lowest BCUT2D eigenvalue weighted by molar-refractivity contribution is 1.14. The average Bonchev–Trinajstić information content (AvgIpc) is 1.82. The number of nitrogens with two attached hydrogens (primary N) is 1. The van der Waals surface area contributed by atoms with Gasteiger partial charge in [0.05, 0.1) is 5.56 Å². The van der Waals surface area contributed by atoms with E-state index >= 15 is 0 Å². The molecule has 0 aliphatic carbocycles. The van der Waals surface area contributed by atoms with E-state index in [1.807, 2.05) is 19.9 Å². The van der Waals surface area contributed by atoms with Gasteiger partial charge in [0.2, 0.25) is 0 Å². The monoisotopic (exact) mass is 181 g/mol. The molecule has 0 aliphatic heterocycles. The minimum Gasteiger partial charge on any atom is -0.384 e. The third-order valence-corrected chi connectivity index (χ3v) is 1.94. The minimum atomic E-state index is 0.0220. The number of aryl methyl sites for hydroxylation is 2. The van der Waals surface area contributed by atoms with Gasteiger partial charge in [-0.1, -0.05) is 12.2 Å². The Kier molecular flexibility index (Phi) is 2.28. The summed E-state index contributed by atoms with van der Waals surface area (Å²) in [7, 11) is 0. The summed E-state index contributed by atoms with van der Waals surface area (Å²) in [5.41, 5.74) is 7.93. The summed E-state index contributed by atoms with van der Waals surface area (Å²) in [6.07, 6.45) is 0. The molecular weight excluding hydrogens is 170 g/mol. The van der Waals surface area contributed by atoms with Crippen LogP contribution in [0.15, 0.2) is 6.07 Å². The van der Waals surface area contributed by atoms with Crippen LogP contribution in [0.4, 0.5) is 0 Å². The Morgan fingerprint density at radius 1 is 1.58 bits per heavy atom. The van der Waals surface area contributed by atoms with Crippen molar-refractivity contribution < 1.29 is 0 Å². The molecule has 1 aromatic rings. The molecule has 1 aromatic heterocycles.